The van der Waals surface area contributed by atoms with Crippen LogP contribution in [0, 0.1) is 12.3 Å². The Hall–Kier alpha value is -1.70. The van der Waals surface area contributed by atoms with Gasteiger partial charge in [-0.3, -0.25) is 0 Å². The van der Waals surface area contributed by atoms with Crippen molar-refractivity contribution in [2.45, 2.75) is 58.9 Å². The highest BCUT2D eigenvalue weighted by atomic mass is 32.2. The molecule has 1 saturated heterocycles. The van der Waals surface area contributed by atoms with Gasteiger partial charge in [0.25, 0.3) is 10.2 Å². The summed E-state index contributed by atoms with van der Waals surface area (Å²) in [5.74, 6) is 0. The number of para-hydroxylation sites is 1. The second-order valence-corrected chi connectivity index (χ2v) is 10.6. The van der Waals surface area contributed by atoms with Crippen LogP contribution in [0.4, 0.5) is 0 Å². The third-order valence-corrected chi connectivity index (χ3v) is 7.60. The van der Waals surface area contributed by atoms with Crippen LogP contribution >= 0.6 is 0 Å². The van der Waals surface area contributed by atoms with E-state index in [1.165, 1.54) is 0 Å². The third-order valence-electron chi connectivity index (χ3n) is 5.97. The van der Waals surface area contributed by atoms with E-state index < -0.39 is 10.2 Å². The lowest BCUT2D eigenvalue weighted by atomic mass is 9.74. The van der Waals surface area contributed by atoms with Crippen LogP contribution in [0.15, 0.2) is 30.5 Å². The molecule has 6 nitrogen and oxygen atoms in total. The summed E-state index contributed by atoms with van der Waals surface area (Å²) in [6, 6.07) is 7.93. The van der Waals surface area contributed by atoms with Crippen LogP contribution < -0.4 is 4.72 Å². The van der Waals surface area contributed by atoms with Gasteiger partial charge >= 0.3 is 0 Å². The minimum Gasteiger partial charge on any atom is -0.237 e. The molecule has 1 aliphatic carbocycles. The highest BCUT2D eigenvalue weighted by molar-refractivity contribution is 7.87. The van der Waals surface area contributed by atoms with E-state index in [9.17, 15) is 8.42 Å². The number of aryl methyl sites for hydroxylation is 1. The smallest absolute Gasteiger partial charge is 0.237 e. The molecule has 28 heavy (non-hydrogen) atoms. The summed E-state index contributed by atoms with van der Waals surface area (Å²) in [6.45, 7) is 7.70. The molecule has 1 unspecified atom stereocenters. The first-order valence-electron chi connectivity index (χ1n) is 10.2. The maximum Gasteiger partial charge on any atom is 0.280 e. The summed E-state index contributed by atoms with van der Waals surface area (Å²) in [6.07, 6.45) is 6.47. The number of rotatable bonds is 4. The Bertz CT molecular complexity index is 959. The number of piperidine rings is 1. The fourth-order valence-corrected chi connectivity index (χ4v) is 5.97. The summed E-state index contributed by atoms with van der Waals surface area (Å²) < 4.78 is 32.6. The fraction of sp³-hybridized carbons (Fsp3) is 0.571. The SMILES string of the molecule is Cc1ccccc1-n1ncc2c1CC(C)(C)CC2NS(=O)(=O)N1CCCCC1. The molecule has 7 heteroatoms. The van der Waals surface area contributed by atoms with Crippen molar-refractivity contribution in [1.82, 2.24) is 18.8 Å². The van der Waals surface area contributed by atoms with Crippen LogP contribution in [-0.2, 0) is 16.6 Å². The first-order chi connectivity index (χ1) is 13.3. The number of aromatic nitrogens is 2. The van der Waals surface area contributed by atoms with Gasteiger partial charge in [-0.25, -0.2) is 4.68 Å². The van der Waals surface area contributed by atoms with Gasteiger partial charge in [-0.15, -0.1) is 0 Å². The minimum atomic E-state index is -3.49. The molecule has 1 aliphatic heterocycles. The Kier molecular flexibility index (Phi) is 5.10. The Balaban J connectivity index is 1.69. The molecule has 2 aliphatic rings. The van der Waals surface area contributed by atoms with Gasteiger partial charge in [0, 0.05) is 24.3 Å². The van der Waals surface area contributed by atoms with Gasteiger partial charge in [0.15, 0.2) is 0 Å². The maximum atomic E-state index is 13.0. The normalized spacial score (nSPS) is 22.8. The van der Waals surface area contributed by atoms with Gasteiger partial charge in [-0.2, -0.15) is 22.5 Å². The second-order valence-electron chi connectivity index (χ2n) is 8.93. The van der Waals surface area contributed by atoms with Crippen molar-refractivity contribution >= 4 is 10.2 Å². The van der Waals surface area contributed by atoms with Crippen molar-refractivity contribution in [2.24, 2.45) is 5.41 Å². The lowest BCUT2D eigenvalue weighted by molar-refractivity contribution is 0.263. The van der Waals surface area contributed by atoms with Crippen LogP contribution in [0.25, 0.3) is 5.69 Å². The Morgan fingerprint density at radius 3 is 2.57 bits per heavy atom. The molecule has 1 atom stereocenters. The van der Waals surface area contributed by atoms with E-state index in [4.69, 9.17) is 0 Å². The minimum absolute atomic E-state index is 0.0114. The fourth-order valence-electron chi connectivity index (χ4n) is 4.52. The van der Waals surface area contributed by atoms with E-state index in [1.54, 1.807) is 4.31 Å². The molecule has 2 heterocycles. The topological polar surface area (TPSA) is 67.2 Å². The molecule has 1 N–H and O–H groups in total. The highest BCUT2D eigenvalue weighted by Crippen LogP contribution is 2.42. The Labute approximate surface area is 168 Å². The number of nitrogens with zero attached hydrogens (tertiary/aromatic N) is 3. The molecular weight excluding hydrogens is 372 g/mol. The monoisotopic (exact) mass is 402 g/mol. The van der Waals surface area contributed by atoms with Crippen molar-refractivity contribution < 1.29 is 8.42 Å². The van der Waals surface area contributed by atoms with E-state index in [0.717, 1.165) is 54.6 Å². The number of benzene rings is 1. The number of nitrogens with one attached hydrogen (secondary N) is 1. The van der Waals surface area contributed by atoms with Crippen LogP contribution in [0.1, 0.15) is 62.4 Å². The van der Waals surface area contributed by atoms with Crippen molar-refractivity contribution in [1.29, 1.82) is 0 Å². The average molecular weight is 403 g/mol. The zero-order chi connectivity index (χ0) is 19.9. The van der Waals surface area contributed by atoms with Crippen molar-refractivity contribution in [2.75, 3.05) is 13.1 Å². The third kappa shape index (κ3) is 3.75. The molecule has 1 aromatic heterocycles. The van der Waals surface area contributed by atoms with Gasteiger partial charge in [-0.05, 0) is 49.7 Å². The number of fused-ring (bicyclic) bond motifs is 1. The second kappa shape index (κ2) is 7.28. The number of hydrogen-bond donors (Lipinski definition) is 1. The van der Waals surface area contributed by atoms with E-state index in [0.29, 0.717) is 13.1 Å². The van der Waals surface area contributed by atoms with E-state index in [1.807, 2.05) is 23.0 Å². The van der Waals surface area contributed by atoms with E-state index in [2.05, 4.69) is 42.7 Å². The van der Waals surface area contributed by atoms with Crippen LogP contribution in [0.5, 0.6) is 0 Å². The lowest BCUT2D eigenvalue weighted by Crippen LogP contribution is -2.46. The van der Waals surface area contributed by atoms with E-state index in [-0.39, 0.29) is 11.5 Å². The molecule has 0 bridgehead atoms. The van der Waals surface area contributed by atoms with Crippen LogP contribution in [0.3, 0.4) is 0 Å². The standard InChI is InChI=1S/C21H30N4O2S/c1-16-9-5-6-10-19(16)25-20-14-21(2,3)13-18(17(20)15-22-25)23-28(26,27)24-11-7-4-8-12-24/h5-6,9-10,15,18,23H,4,7-8,11-14H2,1-3H3. The number of hydrogen-bond acceptors (Lipinski definition) is 3. The summed E-state index contributed by atoms with van der Waals surface area (Å²) in [4.78, 5) is 0. The summed E-state index contributed by atoms with van der Waals surface area (Å²) in [7, 11) is -3.49. The van der Waals surface area contributed by atoms with Crippen molar-refractivity contribution in [3.05, 3.63) is 47.3 Å². The molecule has 0 spiro atoms. The molecular formula is C21H30N4O2S. The van der Waals surface area contributed by atoms with Gasteiger partial charge in [0.05, 0.1) is 17.9 Å². The predicted octanol–water partition coefficient (Wildman–Crippen LogP) is 3.51. The summed E-state index contributed by atoms with van der Waals surface area (Å²) in [5, 5.41) is 4.66. The molecule has 2 aromatic rings. The van der Waals surface area contributed by atoms with Gasteiger partial charge < -0.3 is 0 Å². The van der Waals surface area contributed by atoms with Gasteiger partial charge in [0.2, 0.25) is 0 Å². The largest absolute Gasteiger partial charge is 0.280 e. The van der Waals surface area contributed by atoms with E-state index >= 15 is 0 Å². The van der Waals surface area contributed by atoms with Gasteiger partial charge in [0.1, 0.15) is 0 Å². The summed E-state index contributed by atoms with van der Waals surface area (Å²) >= 11 is 0. The first-order valence-corrected chi connectivity index (χ1v) is 11.6. The molecule has 152 valence electrons. The van der Waals surface area contributed by atoms with Gasteiger partial charge in [-0.1, -0.05) is 38.5 Å². The highest BCUT2D eigenvalue weighted by Gasteiger charge is 2.38. The average Bonchev–Trinajstić information content (AvgIpc) is 3.05. The summed E-state index contributed by atoms with van der Waals surface area (Å²) in [5.41, 5.74) is 4.31. The molecule has 0 radical (unpaired) electrons. The predicted molar refractivity (Wildman–Crippen MR) is 111 cm³/mol. The Morgan fingerprint density at radius 1 is 1.14 bits per heavy atom. The zero-order valence-corrected chi connectivity index (χ0v) is 17.8. The Morgan fingerprint density at radius 2 is 1.86 bits per heavy atom. The van der Waals surface area contributed by atoms with Crippen LogP contribution in [0.2, 0.25) is 0 Å². The quantitative estimate of drug-likeness (QED) is 0.851. The van der Waals surface area contributed by atoms with Crippen molar-refractivity contribution in [3.63, 3.8) is 0 Å². The molecule has 0 amide bonds. The van der Waals surface area contributed by atoms with Crippen LogP contribution in [-0.4, -0.2) is 35.6 Å². The molecule has 1 fully saturated rings. The molecule has 0 saturated carbocycles. The molecule has 1 aromatic carbocycles. The first kappa shape index (κ1) is 19.6. The zero-order valence-electron chi connectivity index (χ0n) is 17.0. The lowest BCUT2D eigenvalue weighted by Gasteiger charge is -2.37. The van der Waals surface area contributed by atoms with Crippen molar-refractivity contribution in [3.8, 4) is 5.69 Å². The maximum absolute atomic E-state index is 13.0. The molecule has 4 rings (SSSR count).